The average molecular weight is 490 g/mol. The van der Waals surface area contributed by atoms with Crippen LogP contribution >= 0.6 is 11.6 Å². The summed E-state index contributed by atoms with van der Waals surface area (Å²) in [5.41, 5.74) is 5.95. The molecule has 0 aliphatic heterocycles. The fourth-order valence-corrected chi connectivity index (χ4v) is 3.29. The first-order valence-corrected chi connectivity index (χ1v) is 10.9. The van der Waals surface area contributed by atoms with Gasteiger partial charge in [-0.25, -0.2) is 5.43 Å². The number of amides is 1. The maximum absolute atomic E-state index is 12.5. The highest BCUT2D eigenvalue weighted by Gasteiger charge is 2.12. The first-order valence-electron chi connectivity index (χ1n) is 10.5. The number of nitro benzene ring substituents is 1. The smallest absolute Gasteiger partial charge is 0.289 e. The quantitative estimate of drug-likeness (QED) is 0.195. The Balaban J connectivity index is 1.37. The lowest BCUT2D eigenvalue weighted by atomic mass is 10.1. The molecule has 0 saturated heterocycles. The third-order valence-corrected chi connectivity index (χ3v) is 5.34. The second-order valence-corrected chi connectivity index (χ2v) is 7.99. The maximum atomic E-state index is 12.5. The van der Waals surface area contributed by atoms with Crippen molar-refractivity contribution in [1.82, 2.24) is 15.6 Å². The third kappa shape index (κ3) is 6.10. The first-order chi connectivity index (χ1) is 16.9. The zero-order valence-electron chi connectivity index (χ0n) is 18.6. The molecular weight excluding hydrogens is 470 g/mol. The lowest BCUT2D eigenvalue weighted by molar-refractivity contribution is -0.384. The van der Waals surface area contributed by atoms with Crippen molar-refractivity contribution in [3.63, 3.8) is 0 Å². The van der Waals surface area contributed by atoms with Crippen molar-refractivity contribution in [2.45, 2.75) is 13.5 Å². The molecule has 0 aliphatic rings. The summed E-state index contributed by atoms with van der Waals surface area (Å²) in [4.78, 5) is 22.9. The number of hydrogen-bond donors (Lipinski definition) is 2. The van der Waals surface area contributed by atoms with Crippen LogP contribution in [-0.2, 0) is 6.61 Å². The number of benzene rings is 3. The van der Waals surface area contributed by atoms with E-state index < -0.39 is 10.8 Å². The van der Waals surface area contributed by atoms with Crippen LogP contribution in [-0.4, -0.2) is 26.7 Å². The monoisotopic (exact) mass is 489 g/mol. The third-order valence-electron chi connectivity index (χ3n) is 5.09. The Bertz CT molecular complexity index is 1380. The van der Waals surface area contributed by atoms with E-state index in [0.717, 1.165) is 11.1 Å². The number of halogens is 1. The number of aromatic amines is 1. The number of carbonyl (C=O) groups is 1. The summed E-state index contributed by atoms with van der Waals surface area (Å²) in [7, 11) is 0. The van der Waals surface area contributed by atoms with Gasteiger partial charge in [-0.15, -0.1) is 0 Å². The Morgan fingerprint density at radius 2 is 1.86 bits per heavy atom. The number of rotatable bonds is 8. The maximum Gasteiger partial charge on any atom is 0.289 e. The molecule has 1 amide bonds. The summed E-state index contributed by atoms with van der Waals surface area (Å²) >= 11 is 5.90. The van der Waals surface area contributed by atoms with Gasteiger partial charge in [0.1, 0.15) is 18.1 Å². The molecule has 3 aromatic carbocycles. The number of nitrogens with zero attached hydrogens (tertiary/aromatic N) is 3. The van der Waals surface area contributed by atoms with Gasteiger partial charge in [-0.3, -0.25) is 20.0 Å². The molecule has 1 aromatic heterocycles. The van der Waals surface area contributed by atoms with Crippen LogP contribution in [0.15, 0.2) is 84.0 Å². The van der Waals surface area contributed by atoms with E-state index in [4.69, 9.17) is 16.3 Å². The Hall–Kier alpha value is -4.50. The van der Waals surface area contributed by atoms with E-state index in [1.54, 1.807) is 25.1 Å². The molecule has 0 bridgehead atoms. The van der Waals surface area contributed by atoms with Crippen LogP contribution in [0.2, 0.25) is 5.02 Å². The van der Waals surface area contributed by atoms with E-state index in [2.05, 4.69) is 20.7 Å². The number of ether oxygens (including phenoxy) is 1. The second-order valence-electron chi connectivity index (χ2n) is 7.55. The Morgan fingerprint density at radius 3 is 2.57 bits per heavy atom. The fraction of sp³-hybridized carbons (Fsp3) is 0.0800. The number of aromatic nitrogens is 2. The number of carbonyl (C=O) groups excluding carboxylic acids is 1. The van der Waals surface area contributed by atoms with E-state index in [1.165, 1.54) is 12.1 Å². The van der Waals surface area contributed by atoms with Gasteiger partial charge in [0, 0.05) is 28.3 Å². The highest BCUT2D eigenvalue weighted by molar-refractivity contribution is 6.30. The highest BCUT2D eigenvalue weighted by Crippen LogP contribution is 2.22. The Labute approximate surface area is 205 Å². The molecule has 0 radical (unpaired) electrons. The lowest BCUT2D eigenvalue weighted by Crippen LogP contribution is -2.19. The van der Waals surface area contributed by atoms with Gasteiger partial charge >= 0.3 is 0 Å². The van der Waals surface area contributed by atoms with Gasteiger partial charge in [-0.2, -0.15) is 10.2 Å². The standard InChI is InChI=1S/C25H20ClN5O4/c1-16(19-3-2-4-21(13-19)31(33)34)27-30-25(32)24-14-23(28-29-24)18-7-11-22(12-8-18)35-15-17-5-9-20(26)10-6-17/h2-14H,15H2,1H3,(H,28,29)(H,30,32)/b27-16+. The summed E-state index contributed by atoms with van der Waals surface area (Å²) in [6.45, 7) is 2.06. The number of nitrogens with one attached hydrogen (secondary N) is 2. The SMILES string of the molecule is C/C(=N\NC(=O)c1cc(-c2ccc(OCc3ccc(Cl)cc3)cc2)n[nH]1)c1cccc([N+](=O)[O-])c1. The lowest BCUT2D eigenvalue weighted by Gasteiger charge is -2.07. The predicted octanol–water partition coefficient (Wildman–Crippen LogP) is 5.37. The number of nitro groups is 1. The molecule has 0 fully saturated rings. The molecule has 10 heteroatoms. The van der Waals surface area contributed by atoms with Crippen molar-refractivity contribution in [3.8, 4) is 17.0 Å². The normalized spacial score (nSPS) is 11.2. The molecule has 1 heterocycles. The summed E-state index contributed by atoms with van der Waals surface area (Å²) in [6.07, 6.45) is 0. The fourth-order valence-electron chi connectivity index (χ4n) is 3.16. The van der Waals surface area contributed by atoms with E-state index in [9.17, 15) is 14.9 Å². The number of hydrazone groups is 1. The molecule has 2 N–H and O–H groups in total. The molecule has 0 aliphatic carbocycles. The van der Waals surface area contributed by atoms with Crippen LogP contribution in [0.3, 0.4) is 0 Å². The minimum absolute atomic E-state index is 0.0528. The molecule has 4 rings (SSSR count). The van der Waals surface area contributed by atoms with Crippen molar-refractivity contribution in [1.29, 1.82) is 0 Å². The van der Waals surface area contributed by atoms with Crippen molar-refractivity contribution < 1.29 is 14.5 Å². The molecule has 35 heavy (non-hydrogen) atoms. The molecule has 0 saturated carbocycles. The zero-order valence-corrected chi connectivity index (χ0v) is 19.3. The van der Waals surface area contributed by atoms with E-state index in [0.29, 0.717) is 34.3 Å². The molecule has 9 nitrogen and oxygen atoms in total. The summed E-state index contributed by atoms with van der Waals surface area (Å²) in [6, 6.07) is 22.4. The average Bonchev–Trinajstić information content (AvgIpc) is 3.37. The van der Waals surface area contributed by atoms with Gasteiger partial charge < -0.3 is 4.74 Å². The van der Waals surface area contributed by atoms with Gasteiger partial charge in [0.15, 0.2) is 0 Å². The van der Waals surface area contributed by atoms with Crippen molar-refractivity contribution >= 4 is 28.9 Å². The Morgan fingerprint density at radius 1 is 1.11 bits per heavy atom. The number of non-ortho nitro benzene ring substituents is 1. The van der Waals surface area contributed by atoms with Gasteiger partial charge in [-0.05, 0) is 55.0 Å². The molecular formula is C25H20ClN5O4. The summed E-state index contributed by atoms with van der Waals surface area (Å²) < 4.78 is 5.79. The minimum Gasteiger partial charge on any atom is -0.489 e. The number of H-pyrrole nitrogens is 1. The largest absolute Gasteiger partial charge is 0.489 e. The minimum atomic E-state index is -0.489. The van der Waals surface area contributed by atoms with Crippen molar-refractivity contribution in [3.05, 3.63) is 111 Å². The van der Waals surface area contributed by atoms with Crippen LogP contribution in [0.4, 0.5) is 5.69 Å². The molecule has 4 aromatic rings. The first kappa shape index (κ1) is 23.7. The molecule has 0 atom stereocenters. The van der Waals surface area contributed by atoms with E-state index in [1.807, 2.05) is 48.5 Å². The topological polar surface area (TPSA) is 123 Å². The van der Waals surface area contributed by atoms with Gasteiger partial charge in [0.25, 0.3) is 11.6 Å². The van der Waals surface area contributed by atoms with Gasteiger partial charge in [-0.1, -0.05) is 35.9 Å². The molecule has 0 unspecified atom stereocenters. The van der Waals surface area contributed by atoms with E-state index in [-0.39, 0.29) is 11.4 Å². The van der Waals surface area contributed by atoms with Crippen LogP contribution < -0.4 is 10.2 Å². The number of hydrogen-bond acceptors (Lipinski definition) is 6. The van der Waals surface area contributed by atoms with Crippen LogP contribution in [0, 0.1) is 10.1 Å². The summed E-state index contributed by atoms with van der Waals surface area (Å²) in [5, 5.41) is 22.5. The van der Waals surface area contributed by atoms with Crippen LogP contribution in [0.5, 0.6) is 5.75 Å². The molecule has 0 spiro atoms. The zero-order chi connectivity index (χ0) is 24.8. The highest BCUT2D eigenvalue weighted by atomic mass is 35.5. The second kappa shape index (κ2) is 10.6. The van der Waals surface area contributed by atoms with Gasteiger partial charge in [0.05, 0.1) is 16.3 Å². The van der Waals surface area contributed by atoms with Crippen molar-refractivity contribution in [2.24, 2.45) is 5.10 Å². The van der Waals surface area contributed by atoms with E-state index >= 15 is 0 Å². The summed E-state index contributed by atoms with van der Waals surface area (Å²) in [5.74, 6) is 0.208. The van der Waals surface area contributed by atoms with Crippen LogP contribution in [0.25, 0.3) is 11.3 Å². The molecule has 176 valence electrons. The Kier molecular flexibility index (Phi) is 7.18. The van der Waals surface area contributed by atoms with Crippen molar-refractivity contribution in [2.75, 3.05) is 0 Å². The predicted molar refractivity (Wildman–Crippen MR) is 133 cm³/mol. The van der Waals surface area contributed by atoms with Gasteiger partial charge in [0.2, 0.25) is 0 Å². The van der Waals surface area contributed by atoms with Crippen LogP contribution in [0.1, 0.15) is 28.5 Å².